The fraction of sp³-hybridized carbons (Fsp3) is 0.423. The second-order valence-electron chi connectivity index (χ2n) is 9.50. The number of allylic oxidation sites excluding steroid dienone is 1. The second-order valence-corrected chi connectivity index (χ2v) is 10.1. The Kier molecular flexibility index (Phi) is 7.97. The number of hydrogen-bond acceptors (Lipinski definition) is 3. The molecular formula is C26H31BBrF2NO2. The van der Waals surface area contributed by atoms with Gasteiger partial charge in [0.15, 0.2) is 0 Å². The molecule has 1 saturated heterocycles. The molecule has 0 spiro atoms. The molecule has 2 aliphatic heterocycles. The van der Waals surface area contributed by atoms with Gasteiger partial charge in [-0.3, -0.25) is 4.99 Å². The molecule has 0 amide bonds. The van der Waals surface area contributed by atoms with E-state index < -0.39 is 18.8 Å². The largest absolute Gasteiger partial charge is 0.494 e. The zero-order valence-corrected chi connectivity index (χ0v) is 21.5. The summed E-state index contributed by atoms with van der Waals surface area (Å²) in [4.78, 5) is 4.68. The highest BCUT2D eigenvalue weighted by Crippen LogP contribution is 2.38. The standard InChI is InChI=1S/C23H26BF2NO2.C3H5Br/c1-14-13-19(20-17(25)7-6-8-18(20)26)27-21(14)15-9-11-16(12-10-15)24-28-22(2,3)23(4,5)29-24;1-2-3-4/h6-12,14,21H,13H2,1-5H3;2H,1,3H2. The molecule has 4 rings (SSSR count). The van der Waals surface area contributed by atoms with Gasteiger partial charge in [-0.2, -0.15) is 0 Å². The maximum absolute atomic E-state index is 14.2. The van der Waals surface area contributed by atoms with Gasteiger partial charge in [0.25, 0.3) is 0 Å². The Hall–Kier alpha value is -1.83. The number of rotatable bonds is 4. The Morgan fingerprint density at radius 2 is 1.58 bits per heavy atom. The topological polar surface area (TPSA) is 30.8 Å². The maximum atomic E-state index is 14.2. The molecule has 2 aliphatic rings. The van der Waals surface area contributed by atoms with Gasteiger partial charge in [0.2, 0.25) is 0 Å². The van der Waals surface area contributed by atoms with Crippen molar-refractivity contribution >= 4 is 34.2 Å². The number of alkyl halides is 1. The van der Waals surface area contributed by atoms with E-state index in [1.54, 1.807) is 6.08 Å². The lowest BCUT2D eigenvalue weighted by molar-refractivity contribution is 0.00578. The smallest absolute Gasteiger partial charge is 0.399 e. The summed E-state index contributed by atoms with van der Waals surface area (Å²) in [6.07, 6.45) is 2.33. The van der Waals surface area contributed by atoms with Crippen LogP contribution in [0.2, 0.25) is 0 Å². The van der Waals surface area contributed by atoms with Crippen LogP contribution in [0.5, 0.6) is 0 Å². The first-order chi connectivity index (χ1) is 15.5. The van der Waals surface area contributed by atoms with E-state index in [0.717, 1.165) is 16.4 Å². The van der Waals surface area contributed by atoms with Gasteiger partial charge in [0.1, 0.15) is 11.6 Å². The highest BCUT2D eigenvalue weighted by Gasteiger charge is 2.51. The van der Waals surface area contributed by atoms with Crippen LogP contribution in [0.15, 0.2) is 60.1 Å². The number of nitrogens with zero attached hydrogens (tertiary/aromatic N) is 1. The normalized spacial score (nSPS) is 23.0. The van der Waals surface area contributed by atoms with Crippen LogP contribution in [0, 0.1) is 17.6 Å². The van der Waals surface area contributed by atoms with Gasteiger partial charge < -0.3 is 9.31 Å². The lowest BCUT2D eigenvalue weighted by atomic mass is 9.78. The Balaban J connectivity index is 0.000000709. The molecule has 0 saturated carbocycles. The van der Waals surface area contributed by atoms with E-state index in [0.29, 0.717) is 12.1 Å². The van der Waals surface area contributed by atoms with E-state index in [1.165, 1.54) is 18.2 Å². The third kappa shape index (κ3) is 5.47. The van der Waals surface area contributed by atoms with Crippen LogP contribution in [0.4, 0.5) is 8.78 Å². The molecule has 0 bridgehead atoms. The first kappa shape index (κ1) is 25.8. The maximum Gasteiger partial charge on any atom is 0.494 e. The Labute approximate surface area is 204 Å². The zero-order valence-electron chi connectivity index (χ0n) is 19.9. The van der Waals surface area contributed by atoms with E-state index in [1.807, 2.05) is 52.0 Å². The predicted molar refractivity (Wildman–Crippen MR) is 136 cm³/mol. The lowest BCUT2D eigenvalue weighted by Crippen LogP contribution is -2.41. The van der Waals surface area contributed by atoms with Crippen molar-refractivity contribution < 1.29 is 18.1 Å². The predicted octanol–water partition coefficient (Wildman–Crippen LogP) is 6.40. The van der Waals surface area contributed by atoms with Crippen LogP contribution in [0.1, 0.15) is 58.2 Å². The van der Waals surface area contributed by atoms with Crippen LogP contribution in [0.25, 0.3) is 0 Å². The number of aliphatic imine (C=N–C) groups is 1. The monoisotopic (exact) mass is 517 g/mol. The fourth-order valence-corrected chi connectivity index (χ4v) is 3.94. The van der Waals surface area contributed by atoms with Crippen LogP contribution in [0.3, 0.4) is 0 Å². The van der Waals surface area contributed by atoms with Crippen molar-refractivity contribution in [3.05, 3.63) is 77.9 Å². The number of halogens is 3. The SMILES string of the molecule is C=CCBr.CC1CC(c2c(F)cccc2F)=NC1c1ccc(B2OC(C)(C)C(C)(C)O2)cc1. The van der Waals surface area contributed by atoms with Gasteiger partial charge in [-0.1, -0.05) is 59.3 Å². The molecule has 7 heteroatoms. The summed E-state index contributed by atoms with van der Waals surface area (Å²) in [7, 11) is -0.415. The molecule has 0 N–H and O–H groups in total. The highest BCUT2D eigenvalue weighted by molar-refractivity contribution is 9.09. The molecule has 1 fully saturated rings. The van der Waals surface area contributed by atoms with Gasteiger partial charge >= 0.3 is 7.12 Å². The van der Waals surface area contributed by atoms with E-state index in [-0.39, 0.29) is 28.7 Å². The van der Waals surface area contributed by atoms with E-state index >= 15 is 0 Å². The lowest BCUT2D eigenvalue weighted by Gasteiger charge is -2.32. The molecule has 0 aliphatic carbocycles. The minimum atomic E-state index is -0.562. The first-order valence-electron chi connectivity index (χ1n) is 11.1. The Morgan fingerprint density at radius 1 is 1.06 bits per heavy atom. The fourth-order valence-electron chi connectivity index (χ4n) is 3.94. The highest BCUT2D eigenvalue weighted by atomic mass is 79.9. The molecule has 2 aromatic carbocycles. The molecule has 176 valence electrons. The molecule has 3 nitrogen and oxygen atoms in total. The van der Waals surface area contributed by atoms with Gasteiger partial charge in [0, 0.05) is 11.0 Å². The summed E-state index contributed by atoms with van der Waals surface area (Å²) in [6, 6.07) is 11.8. The van der Waals surface area contributed by atoms with E-state index in [4.69, 9.17) is 9.31 Å². The van der Waals surface area contributed by atoms with Crippen molar-refractivity contribution in [2.75, 3.05) is 5.33 Å². The summed E-state index contributed by atoms with van der Waals surface area (Å²) in [5, 5.41) is 0.896. The average molecular weight is 518 g/mol. The third-order valence-corrected chi connectivity index (χ3v) is 6.97. The number of hydrogen-bond donors (Lipinski definition) is 0. The van der Waals surface area contributed by atoms with Gasteiger partial charge in [-0.15, -0.1) is 6.58 Å². The van der Waals surface area contributed by atoms with Gasteiger partial charge in [0.05, 0.1) is 22.8 Å². The van der Waals surface area contributed by atoms with E-state index in [2.05, 4.69) is 34.4 Å². The zero-order chi connectivity index (χ0) is 24.4. The molecule has 0 aromatic heterocycles. The molecule has 0 radical (unpaired) electrons. The Bertz CT molecular complexity index is 987. The van der Waals surface area contributed by atoms with Gasteiger partial charge in [-0.25, -0.2) is 8.78 Å². The van der Waals surface area contributed by atoms with E-state index in [9.17, 15) is 8.78 Å². The van der Waals surface area contributed by atoms with Crippen molar-refractivity contribution in [2.45, 2.75) is 58.3 Å². The van der Waals surface area contributed by atoms with Crippen LogP contribution in [-0.2, 0) is 9.31 Å². The summed E-state index contributed by atoms with van der Waals surface area (Å²) in [5.41, 5.74) is 1.68. The van der Waals surface area contributed by atoms with Crippen molar-refractivity contribution in [1.82, 2.24) is 0 Å². The van der Waals surface area contributed by atoms with Crippen LogP contribution in [-0.4, -0.2) is 29.4 Å². The average Bonchev–Trinajstić information content (AvgIpc) is 3.24. The molecular weight excluding hydrogens is 487 g/mol. The molecule has 2 heterocycles. The van der Waals surface area contributed by atoms with Crippen molar-refractivity contribution in [2.24, 2.45) is 10.9 Å². The molecule has 2 atom stereocenters. The molecule has 2 unspecified atom stereocenters. The summed E-state index contributed by atoms with van der Waals surface area (Å²) < 4.78 is 40.5. The molecule has 2 aromatic rings. The van der Waals surface area contributed by atoms with Crippen LogP contribution >= 0.6 is 15.9 Å². The Morgan fingerprint density at radius 3 is 2.06 bits per heavy atom. The summed E-state index contributed by atoms with van der Waals surface area (Å²) in [6.45, 7) is 13.6. The first-order valence-corrected chi connectivity index (χ1v) is 12.3. The van der Waals surface area contributed by atoms with Crippen molar-refractivity contribution in [3.8, 4) is 0 Å². The minimum absolute atomic E-state index is 0.00399. The quantitative estimate of drug-likeness (QED) is 0.267. The number of benzene rings is 2. The van der Waals surface area contributed by atoms with Gasteiger partial charge in [-0.05, 0) is 63.2 Å². The minimum Gasteiger partial charge on any atom is -0.399 e. The van der Waals surface area contributed by atoms with Crippen molar-refractivity contribution in [3.63, 3.8) is 0 Å². The molecule has 33 heavy (non-hydrogen) atoms. The summed E-state index contributed by atoms with van der Waals surface area (Å²) >= 11 is 3.13. The summed E-state index contributed by atoms with van der Waals surface area (Å²) in [5.74, 6) is -0.966. The van der Waals surface area contributed by atoms with Crippen molar-refractivity contribution in [1.29, 1.82) is 0 Å². The second kappa shape index (κ2) is 10.2. The third-order valence-electron chi connectivity index (χ3n) is 6.51. The van der Waals surface area contributed by atoms with Crippen LogP contribution < -0.4 is 5.46 Å².